The quantitative estimate of drug-likeness (QED) is 0.509. The van der Waals surface area contributed by atoms with E-state index < -0.39 is 6.04 Å². The Balaban J connectivity index is 1.13. The van der Waals surface area contributed by atoms with Crippen molar-refractivity contribution in [2.45, 2.75) is 70.3 Å². The number of hydrogen-bond acceptors (Lipinski definition) is 4. The molecule has 6 heteroatoms. The van der Waals surface area contributed by atoms with Crippen LogP contribution in [0.25, 0.3) is 0 Å². The molecule has 2 aromatic carbocycles. The molecule has 0 spiro atoms. The summed E-state index contributed by atoms with van der Waals surface area (Å²) >= 11 is 0. The van der Waals surface area contributed by atoms with Gasteiger partial charge in [-0.25, -0.2) is 0 Å². The summed E-state index contributed by atoms with van der Waals surface area (Å²) in [4.78, 5) is 26.4. The van der Waals surface area contributed by atoms with Gasteiger partial charge in [0, 0.05) is 17.3 Å². The molecule has 2 amide bonds. The highest BCUT2D eigenvalue weighted by molar-refractivity contribution is 6.01. The SMILES string of the molecule is CC(C)C[C@H](NC(=O)c1ccc(C23CC4CC(CC(C4)C2)C3)cc1)C(=O)Nc1ccc2c(c1)OCCO2. The minimum absolute atomic E-state index is 0.208. The van der Waals surface area contributed by atoms with Crippen LogP contribution in [0.2, 0.25) is 0 Å². The fourth-order valence-corrected chi connectivity index (χ4v) is 7.73. The fourth-order valence-electron chi connectivity index (χ4n) is 7.73. The number of fused-ring (bicyclic) bond motifs is 1. The van der Waals surface area contributed by atoms with E-state index in [9.17, 15) is 9.59 Å². The van der Waals surface area contributed by atoms with E-state index in [1.807, 2.05) is 12.1 Å². The number of rotatable bonds is 7. The second-order valence-electron chi connectivity index (χ2n) is 12.3. The van der Waals surface area contributed by atoms with Gasteiger partial charge < -0.3 is 20.1 Å². The summed E-state index contributed by atoms with van der Waals surface area (Å²) in [5.74, 6) is 3.76. The molecule has 0 saturated heterocycles. The van der Waals surface area contributed by atoms with Gasteiger partial charge in [-0.15, -0.1) is 0 Å². The van der Waals surface area contributed by atoms with Crippen molar-refractivity contribution < 1.29 is 19.1 Å². The van der Waals surface area contributed by atoms with Crippen LogP contribution in [0.4, 0.5) is 5.69 Å². The maximum absolute atomic E-state index is 13.2. The normalized spacial score (nSPS) is 28.1. The van der Waals surface area contributed by atoms with E-state index in [2.05, 4.69) is 36.6 Å². The van der Waals surface area contributed by atoms with Crippen LogP contribution in [0, 0.1) is 23.7 Å². The second kappa shape index (κ2) is 9.70. The lowest BCUT2D eigenvalue weighted by Crippen LogP contribution is -2.48. The molecule has 4 saturated carbocycles. The number of carbonyl (C=O) groups excluding carboxylic acids is 2. The Hall–Kier alpha value is -3.02. The van der Waals surface area contributed by atoms with E-state index in [0.717, 1.165) is 17.8 Å². The van der Waals surface area contributed by atoms with Crippen LogP contribution in [-0.2, 0) is 10.2 Å². The molecule has 37 heavy (non-hydrogen) atoms. The molecular weight excluding hydrogens is 464 g/mol. The lowest BCUT2D eigenvalue weighted by molar-refractivity contribution is -0.118. The second-order valence-corrected chi connectivity index (χ2v) is 12.3. The van der Waals surface area contributed by atoms with Gasteiger partial charge in [-0.3, -0.25) is 9.59 Å². The largest absolute Gasteiger partial charge is 0.486 e. The van der Waals surface area contributed by atoms with Gasteiger partial charge in [-0.2, -0.15) is 0 Å². The standard InChI is InChI=1S/C31H38N2O4/c1-19(2)11-26(30(35)32-25-7-8-27-28(15-25)37-10-9-36-27)33-29(34)23-3-5-24(6-4-23)31-16-20-12-21(17-31)14-22(13-20)18-31/h3-8,15,19-22,26H,9-14,16-18H2,1-2H3,(H,32,35)(H,33,34)/t20?,21?,22?,26-,31?/m0/s1. The Morgan fingerprint density at radius 3 is 2.14 bits per heavy atom. The average molecular weight is 503 g/mol. The predicted molar refractivity (Wildman–Crippen MR) is 143 cm³/mol. The molecule has 1 atom stereocenters. The molecule has 0 aromatic heterocycles. The first-order valence-electron chi connectivity index (χ1n) is 14.0. The number of carbonyl (C=O) groups is 2. The molecule has 7 rings (SSSR count). The topological polar surface area (TPSA) is 76.7 Å². The number of hydrogen-bond donors (Lipinski definition) is 2. The lowest BCUT2D eigenvalue weighted by atomic mass is 9.48. The molecule has 2 aromatic rings. The minimum Gasteiger partial charge on any atom is -0.486 e. The van der Waals surface area contributed by atoms with Crippen molar-refractivity contribution in [3.05, 3.63) is 53.6 Å². The van der Waals surface area contributed by atoms with E-state index in [4.69, 9.17) is 9.47 Å². The van der Waals surface area contributed by atoms with Crippen LogP contribution in [0.5, 0.6) is 11.5 Å². The first-order chi connectivity index (χ1) is 17.9. The third kappa shape index (κ3) is 4.95. The van der Waals surface area contributed by atoms with Crippen molar-refractivity contribution in [2.24, 2.45) is 23.7 Å². The van der Waals surface area contributed by atoms with Crippen LogP contribution in [0.15, 0.2) is 42.5 Å². The van der Waals surface area contributed by atoms with Crippen LogP contribution in [0.1, 0.15) is 74.7 Å². The maximum atomic E-state index is 13.2. The molecule has 5 aliphatic rings. The van der Waals surface area contributed by atoms with Gasteiger partial charge in [-0.05, 0) is 104 Å². The number of benzene rings is 2. The summed E-state index contributed by atoms with van der Waals surface area (Å²) in [5, 5.41) is 5.94. The van der Waals surface area contributed by atoms with Crippen LogP contribution < -0.4 is 20.1 Å². The zero-order valence-corrected chi connectivity index (χ0v) is 21.9. The van der Waals surface area contributed by atoms with Crippen molar-refractivity contribution in [1.82, 2.24) is 5.32 Å². The van der Waals surface area contributed by atoms with Crippen molar-refractivity contribution >= 4 is 17.5 Å². The number of ether oxygens (including phenoxy) is 2. The molecule has 0 radical (unpaired) electrons. The highest BCUT2D eigenvalue weighted by atomic mass is 16.6. The van der Waals surface area contributed by atoms with Gasteiger partial charge in [-0.1, -0.05) is 26.0 Å². The molecule has 6 nitrogen and oxygen atoms in total. The smallest absolute Gasteiger partial charge is 0.251 e. The number of anilines is 1. The van der Waals surface area contributed by atoms with Gasteiger partial charge in [0.1, 0.15) is 19.3 Å². The van der Waals surface area contributed by atoms with Crippen molar-refractivity contribution in [3.8, 4) is 11.5 Å². The highest BCUT2D eigenvalue weighted by Crippen LogP contribution is 2.60. The van der Waals surface area contributed by atoms with Crippen molar-refractivity contribution in [1.29, 1.82) is 0 Å². The van der Waals surface area contributed by atoms with Crippen LogP contribution >= 0.6 is 0 Å². The maximum Gasteiger partial charge on any atom is 0.251 e. The van der Waals surface area contributed by atoms with E-state index in [1.165, 1.54) is 44.1 Å². The molecule has 2 N–H and O–H groups in total. The Morgan fingerprint density at radius 2 is 1.51 bits per heavy atom. The van der Waals surface area contributed by atoms with Gasteiger partial charge >= 0.3 is 0 Å². The van der Waals surface area contributed by atoms with E-state index in [0.29, 0.717) is 47.8 Å². The van der Waals surface area contributed by atoms with Gasteiger partial charge in [0.15, 0.2) is 11.5 Å². The molecule has 0 unspecified atom stereocenters. The molecule has 196 valence electrons. The molecule has 4 aliphatic carbocycles. The van der Waals surface area contributed by atoms with Gasteiger partial charge in [0.2, 0.25) is 5.91 Å². The molecule has 1 aliphatic heterocycles. The minimum atomic E-state index is -0.636. The predicted octanol–water partition coefficient (Wildman–Crippen LogP) is 5.71. The van der Waals surface area contributed by atoms with Crippen molar-refractivity contribution in [3.63, 3.8) is 0 Å². The summed E-state index contributed by atoms with van der Waals surface area (Å²) < 4.78 is 11.2. The average Bonchev–Trinajstić information content (AvgIpc) is 2.87. The van der Waals surface area contributed by atoms with Gasteiger partial charge in [0.05, 0.1) is 0 Å². The number of nitrogens with one attached hydrogen (secondary N) is 2. The zero-order valence-electron chi connectivity index (χ0n) is 21.9. The number of amides is 2. The van der Waals surface area contributed by atoms with Crippen molar-refractivity contribution in [2.75, 3.05) is 18.5 Å². The summed E-state index contributed by atoms with van der Waals surface area (Å²) in [6.45, 7) is 5.11. The first kappa shape index (κ1) is 24.3. The molecule has 4 fully saturated rings. The third-order valence-electron chi connectivity index (χ3n) is 8.94. The Kier molecular flexibility index (Phi) is 6.37. The van der Waals surface area contributed by atoms with Gasteiger partial charge in [0.25, 0.3) is 5.91 Å². The highest BCUT2D eigenvalue weighted by Gasteiger charge is 2.51. The lowest BCUT2D eigenvalue weighted by Gasteiger charge is -2.57. The summed E-state index contributed by atoms with van der Waals surface area (Å²) in [6.07, 6.45) is 8.73. The van der Waals surface area contributed by atoms with E-state index >= 15 is 0 Å². The first-order valence-corrected chi connectivity index (χ1v) is 14.0. The van der Waals surface area contributed by atoms with E-state index in [-0.39, 0.29) is 17.7 Å². The molecular formula is C31H38N2O4. The fraction of sp³-hybridized carbons (Fsp3) is 0.548. The Bertz CT molecular complexity index is 1140. The Morgan fingerprint density at radius 1 is 0.892 bits per heavy atom. The summed E-state index contributed by atoms with van der Waals surface area (Å²) in [5.41, 5.74) is 2.94. The monoisotopic (exact) mass is 502 g/mol. The van der Waals surface area contributed by atoms with E-state index in [1.54, 1.807) is 18.2 Å². The Labute approximate surface area is 219 Å². The van der Waals surface area contributed by atoms with Crippen LogP contribution in [0.3, 0.4) is 0 Å². The molecule has 4 bridgehead atoms. The van der Waals surface area contributed by atoms with Crippen LogP contribution in [-0.4, -0.2) is 31.1 Å². The zero-order chi connectivity index (χ0) is 25.6. The molecule has 1 heterocycles. The summed E-state index contributed by atoms with van der Waals surface area (Å²) in [6, 6.07) is 13.0. The summed E-state index contributed by atoms with van der Waals surface area (Å²) in [7, 11) is 0. The third-order valence-corrected chi connectivity index (χ3v) is 8.94.